The number of methoxy groups -OCH3 is 2. The van der Waals surface area contributed by atoms with E-state index in [1.807, 2.05) is 30.3 Å². The third-order valence-corrected chi connectivity index (χ3v) is 7.35. The average Bonchev–Trinajstić information content (AvgIpc) is 2.94. The topological polar surface area (TPSA) is 105 Å². The lowest BCUT2D eigenvalue weighted by Gasteiger charge is -2.33. The molecule has 0 radical (unpaired) electrons. The van der Waals surface area contributed by atoms with Crippen LogP contribution in [0.3, 0.4) is 0 Å². The molecule has 0 aliphatic carbocycles. The number of anilines is 1. The molecule has 0 fully saturated rings. The molecule has 0 aromatic heterocycles. The van der Waals surface area contributed by atoms with Crippen LogP contribution in [0.1, 0.15) is 18.1 Å². The Balaban J connectivity index is 2.07. The quantitative estimate of drug-likeness (QED) is 0.337. The highest BCUT2D eigenvalue weighted by molar-refractivity contribution is 7.92. The normalized spacial score (nSPS) is 11.8. The van der Waals surface area contributed by atoms with E-state index in [0.717, 1.165) is 16.1 Å². The summed E-state index contributed by atoms with van der Waals surface area (Å²) in [5.41, 5.74) is 1.52. The maximum Gasteiger partial charge on any atom is 0.244 e. The lowest BCUT2D eigenvalue weighted by molar-refractivity contribution is -0.140. The molecule has 3 aromatic carbocycles. The van der Waals surface area contributed by atoms with Crippen LogP contribution in [0.2, 0.25) is 0 Å². The Morgan fingerprint density at radius 3 is 2.20 bits per heavy atom. The summed E-state index contributed by atoms with van der Waals surface area (Å²) in [6.07, 6.45) is 1.17. The molecule has 0 aliphatic heterocycles. The summed E-state index contributed by atoms with van der Waals surface area (Å²) in [6, 6.07) is 18.4. The fourth-order valence-corrected chi connectivity index (χ4v) is 5.07. The van der Waals surface area contributed by atoms with Crippen molar-refractivity contribution in [2.75, 3.05) is 37.9 Å². The number of ether oxygens (including phenoxy) is 2. The highest BCUT2D eigenvalue weighted by Crippen LogP contribution is 2.33. The van der Waals surface area contributed by atoms with Crippen LogP contribution in [-0.4, -0.2) is 64.7 Å². The number of nitrogens with one attached hydrogen (secondary N) is 1. The van der Waals surface area contributed by atoms with Crippen LogP contribution < -0.4 is 19.1 Å². The van der Waals surface area contributed by atoms with E-state index in [1.165, 1.54) is 55.5 Å². The molecular weight excluding hydrogens is 537 g/mol. The molecule has 40 heavy (non-hydrogen) atoms. The van der Waals surface area contributed by atoms with Gasteiger partial charge in [-0.15, -0.1) is 0 Å². The number of carbonyl (C=O) groups is 2. The number of benzene rings is 3. The zero-order valence-corrected chi connectivity index (χ0v) is 23.8. The Labute approximate surface area is 234 Å². The minimum Gasteiger partial charge on any atom is -0.497 e. The molecule has 1 N–H and O–H groups in total. The molecule has 0 saturated heterocycles. The lowest BCUT2D eigenvalue weighted by Crippen LogP contribution is -2.53. The van der Waals surface area contributed by atoms with Gasteiger partial charge in [-0.25, -0.2) is 12.8 Å². The number of likely N-dealkylation sites (N-methyl/N-ethyl adjacent to an activating group) is 1. The van der Waals surface area contributed by atoms with E-state index in [4.69, 9.17) is 9.47 Å². The molecule has 1 atom stereocenters. The van der Waals surface area contributed by atoms with E-state index in [0.29, 0.717) is 17.9 Å². The predicted octanol–water partition coefficient (Wildman–Crippen LogP) is 3.39. The second-order valence-corrected chi connectivity index (χ2v) is 11.0. The molecule has 0 aliphatic rings. The van der Waals surface area contributed by atoms with Crippen molar-refractivity contribution in [2.45, 2.75) is 25.9 Å². The zero-order valence-electron chi connectivity index (χ0n) is 23.0. The minimum absolute atomic E-state index is 0.0505. The highest BCUT2D eigenvalue weighted by Gasteiger charge is 2.33. The summed E-state index contributed by atoms with van der Waals surface area (Å²) in [5, 5.41) is 2.78. The molecule has 214 valence electrons. The van der Waals surface area contributed by atoms with E-state index < -0.39 is 40.2 Å². The predicted molar refractivity (Wildman–Crippen MR) is 151 cm³/mol. The molecule has 9 nitrogen and oxygen atoms in total. The summed E-state index contributed by atoms with van der Waals surface area (Å²) < 4.78 is 51.1. The van der Waals surface area contributed by atoms with Crippen LogP contribution >= 0.6 is 0 Å². The molecular formula is C29H34FN3O6S. The molecule has 2 amide bonds. The van der Waals surface area contributed by atoms with Crippen LogP contribution in [0, 0.1) is 5.82 Å². The molecule has 1 unspecified atom stereocenters. The maximum atomic E-state index is 14.0. The largest absolute Gasteiger partial charge is 0.497 e. The third-order valence-electron chi connectivity index (χ3n) is 6.22. The number of amides is 2. The van der Waals surface area contributed by atoms with Crippen LogP contribution in [0.5, 0.6) is 11.5 Å². The Bertz CT molecular complexity index is 1400. The monoisotopic (exact) mass is 571 g/mol. The van der Waals surface area contributed by atoms with Crippen molar-refractivity contribution in [1.82, 2.24) is 10.2 Å². The Morgan fingerprint density at radius 2 is 1.62 bits per heavy atom. The number of hydrogen-bond acceptors (Lipinski definition) is 6. The fourth-order valence-electron chi connectivity index (χ4n) is 4.22. The first kappa shape index (κ1) is 30.4. The number of nitrogens with zero attached hydrogens (tertiary/aromatic N) is 2. The van der Waals surface area contributed by atoms with Crippen molar-refractivity contribution in [1.29, 1.82) is 0 Å². The van der Waals surface area contributed by atoms with Gasteiger partial charge in [-0.3, -0.25) is 13.9 Å². The van der Waals surface area contributed by atoms with E-state index in [-0.39, 0.29) is 24.4 Å². The van der Waals surface area contributed by atoms with Gasteiger partial charge in [0.2, 0.25) is 21.8 Å². The van der Waals surface area contributed by atoms with Gasteiger partial charge in [-0.05, 0) is 42.3 Å². The van der Waals surface area contributed by atoms with Gasteiger partial charge in [0, 0.05) is 25.6 Å². The maximum absolute atomic E-state index is 14.0. The number of hydrogen-bond donors (Lipinski definition) is 1. The van der Waals surface area contributed by atoms with E-state index in [2.05, 4.69) is 5.32 Å². The van der Waals surface area contributed by atoms with Gasteiger partial charge in [0.1, 0.15) is 29.9 Å². The number of sulfonamides is 1. The summed E-state index contributed by atoms with van der Waals surface area (Å²) in [6.45, 7) is 1.45. The molecule has 3 rings (SSSR count). The van der Waals surface area contributed by atoms with Gasteiger partial charge in [0.05, 0.1) is 26.2 Å². The van der Waals surface area contributed by atoms with Crippen molar-refractivity contribution >= 4 is 27.5 Å². The smallest absolute Gasteiger partial charge is 0.244 e. The number of carbonyl (C=O) groups excluding carboxylic acids is 2. The van der Waals surface area contributed by atoms with Crippen molar-refractivity contribution in [3.63, 3.8) is 0 Å². The van der Waals surface area contributed by atoms with Crippen LogP contribution in [-0.2, 0) is 32.6 Å². The Kier molecular flexibility index (Phi) is 10.5. The molecule has 11 heteroatoms. The number of rotatable bonds is 13. The second-order valence-electron chi connectivity index (χ2n) is 9.06. The van der Waals surface area contributed by atoms with Crippen molar-refractivity contribution < 1.29 is 31.9 Å². The minimum atomic E-state index is -3.98. The standard InChI is InChI=1S/C29H34FN3O6S/c1-5-31-29(35)26(17-21-9-7-6-8-10-21)32(19-22-11-13-23(30)14-12-22)28(34)20-33(40(4,36)37)25-16-15-24(38-2)18-27(25)39-3/h6-16,18,26H,5,17,19-20H2,1-4H3,(H,31,35). The SMILES string of the molecule is CCNC(=O)C(Cc1ccccc1)N(Cc1ccc(F)cc1)C(=O)CN(c1ccc(OC)cc1OC)S(C)(=O)=O. The molecule has 0 heterocycles. The summed E-state index contributed by atoms with van der Waals surface area (Å²) in [7, 11) is -1.13. The molecule has 0 spiro atoms. The second kappa shape index (κ2) is 13.8. The van der Waals surface area contributed by atoms with E-state index >= 15 is 0 Å². The molecule has 3 aromatic rings. The van der Waals surface area contributed by atoms with Gasteiger partial charge in [0.15, 0.2) is 0 Å². The van der Waals surface area contributed by atoms with Gasteiger partial charge >= 0.3 is 0 Å². The molecule has 0 saturated carbocycles. The van der Waals surface area contributed by atoms with Gasteiger partial charge in [-0.2, -0.15) is 0 Å². The Morgan fingerprint density at radius 1 is 0.950 bits per heavy atom. The first-order valence-corrected chi connectivity index (χ1v) is 14.5. The van der Waals surface area contributed by atoms with Gasteiger partial charge in [-0.1, -0.05) is 42.5 Å². The van der Waals surface area contributed by atoms with Crippen LogP contribution in [0.15, 0.2) is 72.8 Å². The van der Waals surface area contributed by atoms with Crippen molar-refractivity contribution in [3.8, 4) is 11.5 Å². The molecule has 0 bridgehead atoms. The van der Waals surface area contributed by atoms with Crippen molar-refractivity contribution in [2.24, 2.45) is 0 Å². The summed E-state index contributed by atoms with van der Waals surface area (Å²) >= 11 is 0. The van der Waals surface area contributed by atoms with Crippen LogP contribution in [0.25, 0.3) is 0 Å². The fraction of sp³-hybridized carbons (Fsp3) is 0.310. The number of halogens is 1. The summed E-state index contributed by atoms with van der Waals surface area (Å²) in [5.74, 6) is -0.833. The lowest BCUT2D eigenvalue weighted by atomic mass is 10.0. The van der Waals surface area contributed by atoms with Gasteiger partial charge < -0.3 is 19.7 Å². The highest BCUT2D eigenvalue weighted by atomic mass is 32.2. The van der Waals surface area contributed by atoms with Gasteiger partial charge in [0.25, 0.3) is 0 Å². The van der Waals surface area contributed by atoms with E-state index in [9.17, 15) is 22.4 Å². The first-order chi connectivity index (χ1) is 19.1. The summed E-state index contributed by atoms with van der Waals surface area (Å²) in [4.78, 5) is 28.7. The van der Waals surface area contributed by atoms with Crippen LogP contribution in [0.4, 0.5) is 10.1 Å². The zero-order chi connectivity index (χ0) is 29.3. The van der Waals surface area contributed by atoms with Crippen molar-refractivity contribution in [3.05, 3.63) is 89.7 Å². The van der Waals surface area contributed by atoms with E-state index in [1.54, 1.807) is 13.0 Å². The third kappa shape index (κ3) is 7.95. The average molecular weight is 572 g/mol. The first-order valence-electron chi connectivity index (χ1n) is 12.6. The Hall–Kier alpha value is -4.12.